The van der Waals surface area contributed by atoms with E-state index in [1.54, 1.807) is 6.08 Å². The highest BCUT2D eigenvalue weighted by Gasteiger charge is 2.32. The molecular formula is C10H15NO3S. The fourth-order valence-electron chi connectivity index (χ4n) is 1.60. The number of amides is 1. The summed E-state index contributed by atoms with van der Waals surface area (Å²) in [6.45, 7) is 2.40. The first kappa shape index (κ1) is 12.1. The number of nitrogens with zero attached hydrogens (tertiary/aromatic N) is 1. The molecule has 0 saturated heterocycles. The zero-order valence-electron chi connectivity index (χ0n) is 8.64. The van der Waals surface area contributed by atoms with Gasteiger partial charge in [0.05, 0.1) is 0 Å². The van der Waals surface area contributed by atoms with Crippen LogP contribution in [0.1, 0.15) is 19.8 Å². The molecule has 1 heterocycles. The van der Waals surface area contributed by atoms with Crippen LogP contribution in [0.2, 0.25) is 0 Å². The van der Waals surface area contributed by atoms with Crippen LogP contribution in [0.25, 0.3) is 0 Å². The van der Waals surface area contributed by atoms with E-state index in [4.69, 9.17) is 5.11 Å². The molecule has 1 aliphatic rings. The second-order valence-corrected chi connectivity index (χ2v) is 3.90. The normalized spacial score (nSPS) is 20.3. The number of hydrogen-bond donors (Lipinski definition) is 2. The molecule has 1 amide bonds. The number of aliphatic carboxylic acids is 1. The quantitative estimate of drug-likeness (QED) is 0.557. The lowest BCUT2D eigenvalue weighted by Gasteiger charge is -2.21. The minimum absolute atomic E-state index is 0.142. The number of rotatable bonds is 4. The fraction of sp³-hybridized carbons (Fsp3) is 0.600. The summed E-state index contributed by atoms with van der Waals surface area (Å²) in [6, 6.07) is -0.785. The monoisotopic (exact) mass is 229 g/mol. The van der Waals surface area contributed by atoms with Gasteiger partial charge < -0.3 is 10.0 Å². The van der Waals surface area contributed by atoms with Gasteiger partial charge in [0.1, 0.15) is 6.04 Å². The van der Waals surface area contributed by atoms with Crippen molar-refractivity contribution in [1.82, 2.24) is 4.90 Å². The van der Waals surface area contributed by atoms with E-state index >= 15 is 0 Å². The number of carboxylic acid groups (broad SMARTS) is 1. The first-order valence-corrected chi connectivity index (χ1v) is 5.56. The van der Waals surface area contributed by atoms with Crippen LogP contribution in [0.3, 0.4) is 0 Å². The molecule has 0 spiro atoms. The molecular weight excluding hydrogens is 214 g/mol. The van der Waals surface area contributed by atoms with Crippen molar-refractivity contribution in [3.05, 3.63) is 11.6 Å². The van der Waals surface area contributed by atoms with Crippen LogP contribution >= 0.6 is 12.6 Å². The standard InChI is InChI=1S/C10H15NO3S/c1-2-7-5-8(10(13)14)11(6-7)9(12)3-4-15/h5,8,15H,2-4,6H2,1H3,(H,13,14)/t8-/m0/s1. The van der Waals surface area contributed by atoms with E-state index in [9.17, 15) is 9.59 Å². The first-order chi connectivity index (χ1) is 7.10. The summed E-state index contributed by atoms with van der Waals surface area (Å²) in [4.78, 5) is 23.9. The molecule has 0 aromatic heterocycles. The molecule has 0 aromatic rings. The molecule has 0 aliphatic carbocycles. The Balaban J connectivity index is 2.74. The van der Waals surface area contributed by atoms with E-state index < -0.39 is 12.0 Å². The zero-order valence-corrected chi connectivity index (χ0v) is 9.54. The third-order valence-electron chi connectivity index (χ3n) is 2.46. The molecule has 0 radical (unpaired) electrons. The summed E-state index contributed by atoms with van der Waals surface area (Å²) < 4.78 is 0. The summed E-state index contributed by atoms with van der Waals surface area (Å²) in [5.41, 5.74) is 1.01. The zero-order chi connectivity index (χ0) is 11.4. The third-order valence-corrected chi connectivity index (χ3v) is 2.68. The van der Waals surface area contributed by atoms with E-state index in [1.165, 1.54) is 4.90 Å². The molecule has 4 nitrogen and oxygen atoms in total. The molecule has 0 aromatic carbocycles. The van der Waals surface area contributed by atoms with Crippen LogP contribution in [0, 0.1) is 0 Å². The lowest BCUT2D eigenvalue weighted by Crippen LogP contribution is -2.41. The van der Waals surface area contributed by atoms with Gasteiger partial charge in [0.2, 0.25) is 5.91 Å². The van der Waals surface area contributed by atoms with Gasteiger partial charge in [0.25, 0.3) is 0 Å². The Morgan fingerprint density at radius 2 is 2.33 bits per heavy atom. The Bertz CT molecular complexity index is 301. The van der Waals surface area contributed by atoms with Gasteiger partial charge in [-0.05, 0) is 18.2 Å². The SMILES string of the molecule is CCC1=C[C@@H](C(=O)O)N(C(=O)CCS)C1. The van der Waals surface area contributed by atoms with Crippen molar-refractivity contribution in [3.63, 3.8) is 0 Å². The van der Waals surface area contributed by atoms with Gasteiger partial charge in [-0.15, -0.1) is 0 Å². The number of thiol groups is 1. The summed E-state index contributed by atoms with van der Waals surface area (Å²) in [6.07, 6.45) is 2.74. The molecule has 15 heavy (non-hydrogen) atoms. The van der Waals surface area contributed by atoms with Gasteiger partial charge in [0, 0.05) is 13.0 Å². The van der Waals surface area contributed by atoms with E-state index in [0.29, 0.717) is 12.3 Å². The third kappa shape index (κ3) is 2.75. The minimum atomic E-state index is -0.967. The molecule has 1 rings (SSSR count). The highest BCUT2D eigenvalue weighted by molar-refractivity contribution is 7.80. The maximum absolute atomic E-state index is 11.6. The summed E-state index contributed by atoms with van der Waals surface area (Å²) >= 11 is 3.97. The molecule has 1 aliphatic heterocycles. The van der Waals surface area contributed by atoms with Crippen LogP contribution < -0.4 is 0 Å². The molecule has 0 saturated carbocycles. The largest absolute Gasteiger partial charge is 0.479 e. The first-order valence-electron chi connectivity index (χ1n) is 4.92. The van der Waals surface area contributed by atoms with Crippen LogP contribution in [0.4, 0.5) is 0 Å². The number of carbonyl (C=O) groups excluding carboxylic acids is 1. The highest BCUT2D eigenvalue weighted by atomic mass is 32.1. The fourth-order valence-corrected chi connectivity index (χ4v) is 1.79. The Hall–Kier alpha value is -0.970. The van der Waals surface area contributed by atoms with Crippen molar-refractivity contribution in [2.24, 2.45) is 0 Å². The van der Waals surface area contributed by atoms with Crippen molar-refractivity contribution in [2.45, 2.75) is 25.8 Å². The lowest BCUT2D eigenvalue weighted by molar-refractivity contribution is -0.146. The predicted octanol–water partition coefficient (Wildman–Crippen LogP) is 0.938. The van der Waals surface area contributed by atoms with Crippen LogP contribution in [0.15, 0.2) is 11.6 Å². The Labute approximate surface area is 94.4 Å². The molecule has 1 N–H and O–H groups in total. The van der Waals surface area contributed by atoms with Crippen molar-refractivity contribution >= 4 is 24.5 Å². The molecule has 84 valence electrons. The van der Waals surface area contributed by atoms with Crippen molar-refractivity contribution in [1.29, 1.82) is 0 Å². The average Bonchev–Trinajstić information content (AvgIpc) is 2.61. The van der Waals surface area contributed by atoms with Crippen LogP contribution in [0.5, 0.6) is 0 Å². The van der Waals surface area contributed by atoms with Crippen LogP contribution in [-0.2, 0) is 9.59 Å². The number of hydrogen-bond acceptors (Lipinski definition) is 3. The Morgan fingerprint density at radius 1 is 1.67 bits per heavy atom. The van der Waals surface area contributed by atoms with Crippen molar-refractivity contribution in [2.75, 3.05) is 12.3 Å². The van der Waals surface area contributed by atoms with Gasteiger partial charge in [-0.3, -0.25) is 4.79 Å². The molecule has 1 atom stereocenters. The van der Waals surface area contributed by atoms with Crippen molar-refractivity contribution < 1.29 is 14.7 Å². The maximum atomic E-state index is 11.6. The summed E-state index contributed by atoms with van der Waals surface area (Å²) in [5, 5.41) is 8.96. The van der Waals surface area contributed by atoms with Gasteiger partial charge >= 0.3 is 5.97 Å². The number of carboxylic acids is 1. The second-order valence-electron chi connectivity index (χ2n) is 3.46. The van der Waals surface area contributed by atoms with E-state index in [0.717, 1.165) is 12.0 Å². The molecule has 0 unspecified atom stereocenters. The van der Waals surface area contributed by atoms with Crippen LogP contribution in [-0.4, -0.2) is 40.2 Å². The number of carbonyl (C=O) groups is 2. The molecule has 5 heteroatoms. The highest BCUT2D eigenvalue weighted by Crippen LogP contribution is 2.20. The molecule has 0 bridgehead atoms. The van der Waals surface area contributed by atoms with E-state index in [1.807, 2.05) is 6.92 Å². The second kappa shape index (κ2) is 5.21. The lowest BCUT2D eigenvalue weighted by atomic mass is 10.2. The minimum Gasteiger partial charge on any atom is -0.479 e. The van der Waals surface area contributed by atoms with Gasteiger partial charge in [-0.1, -0.05) is 12.5 Å². The molecule has 0 fully saturated rings. The maximum Gasteiger partial charge on any atom is 0.330 e. The summed E-state index contributed by atoms with van der Waals surface area (Å²) in [7, 11) is 0. The average molecular weight is 229 g/mol. The Morgan fingerprint density at radius 3 is 2.80 bits per heavy atom. The van der Waals surface area contributed by atoms with E-state index in [2.05, 4.69) is 12.6 Å². The van der Waals surface area contributed by atoms with E-state index in [-0.39, 0.29) is 12.3 Å². The van der Waals surface area contributed by atoms with Gasteiger partial charge in [-0.2, -0.15) is 12.6 Å². The van der Waals surface area contributed by atoms with Crippen molar-refractivity contribution in [3.8, 4) is 0 Å². The smallest absolute Gasteiger partial charge is 0.330 e. The Kier molecular flexibility index (Phi) is 4.20. The topological polar surface area (TPSA) is 57.6 Å². The van der Waals surface area contributed by atoms with Gasteiger partial charge in [0.15, 0.2) is 0 Å². The predicted molar refractivity (Wildman–Crippen MR) is 60.0 cm³/mol. The summed E-state index contributed by atoms with van der Waals surface area (Å²) in [5.74, 6) is -0.661. The van der Waals surface area contributed by atoms with Gasteiger partial charge in [-0.25, -0.2) is 4.79 Å².